The summed E-state index contributed by atoms with van der Waals surface area (Å²) in [6.07, 6.45) is 1.58. The number of carboxylic acid groups (broad SMARTS) is 1. The highest BCUT2D eigenvalue weighted by Crippen LogP contribution is 2.29. The van der Waals surface area contributed by atoms with Crippen molar-refractivity contribution in [2.24, 2.45) is 5.10 Å². The van der Waals surface area contributed by atoms with Crippen molar-refractivity contribution >= 4 is 17.9 Å². The van der Waals surface area contributed by atoms with Crippen LogP contribution in [0.4, 0.5) is 5.69 Å². The maximum atomic E-state index is 10.9. The van der Waals surface area contributed by atoms with Crippen LogP contribution in [-0.2, 0) is 0 Å². The Bertz CT molecular complexity index is 698. The summed E-state index contributed by atoms with van der Waals surface area (Å²) in [6.45, 7) is 0. The number of hydrogen-bond acceptors (Lipinski definition) is 5. The molecule has 0 aliphatic carbocycles. The molecule has 0 radical (unpaired) electrons. The third-order valence-electron chi connectivity index (χ3n) is 2.94. The van der Waals surface area contributed by atoms with E-state index in [1.807, 2.05) is 12.1 Å². The van der Waals surface area contributed by atoms with Crippen LogP contribution in [0.5, 0.6) is 11.5 Å². The van der Waals surface area contributed by atoms with Gasteiger partial charge in [-0.05, 0) is 30.3 Å². The van der Waals surface area contributed by atoms with Gasteiger partial charge in [-0.25, -0.2) is 4.79 Å². The second-order valence-corrected chi connectivity index (χ2v) is 4.34. The predicted octanol–water partition coefficient (Wildman–Crippen LogP) is 2.85. The van der Waals surface area contributed by atoms with E-state index in [2.05, 4.69) is 10.5 Å². The summed E-state index contributed by atoms with van der Waals surface area (Å²) in [4.78, 5) is 10.9. The molecular weight excluding hydrogens is 284 g/mol. The Morgan fingerprint density at radius 2 is 1.95 bits per heavy atom. The van der Waals surface area contributed by atoms with E-state index >= 15 is 0 Å². The molecule has 0 aromatic heterocycles. The van der Waals surface area contributed by atoms with E-state index in [-0.39, 0.29) is 5.56 Å². The van der Waals surface area contributed by atoms with E-state index in [4.69, 9.17) is 14.6 Å². The van der Waals surface area contributed by atoms with Crippen LogP contribution in [0.25, 0.3) is 0 Å². The van der Waals surface area contributed by atoms with Gasteiger partial charge in [0.25, 0.3) is 0 Å². The summed E-state index contributed by atoms with van der Waals surface area (Å²) < 4.78 is 10.5. The molecule has 0 saturated heterocycles. The Kier molecular flexibility index (Phi) is 4.98. The average Bonchev–Trinajstić information content (AvgIpc) is 2.54. The van der Waals surface area contributed by atoms with Crippen LogP contribution in [0.1, 0.15) is 15.9 Å². The van der Waals surface area contributed by atoms with E-state index in [0.29, 0.717) is 17.2 Å². The Balaban J connectivity index is 2.16. The third-order valence-corrected chi connectivity index (χ3v) is 2.94. The standard InChI is InChI=1S/C16H16N2O4/c1-21-14-8-4-6-12(15(14)22-2)10-17-18-13-7-3-5-11(9-13)16(19)20/h3-10,18H,1-2H3,(H,19,20). The van der Waals surface area contributed by atoms with Gasteiger partial charge in [-0.3, -0.25) is 5.43 Å². The number of para-hydroxylation sites is 1. The van der Waals surface area contributed by atoms with Gasteiger partial charge in [0.2, 0.25) is 0 Å². The van der Waals surface area contributed by atoms with Crippen molar-refractivity contribution in [1.82, 2.24) is 0 Å². The van der Waals surface area contributed by atoms with E-state index < -0.39 is 5.97 Å². The summed E-state index contributed by atoms with van der Waals surface area (Å²) in [5.41, 5.74) is 4.30. The molecular formula is C16H16N2O4. The predicted molar refractivity (Wildman–Crippen MR) is 84.2 cm³/mol. The lowest BCUT2D eigenvalue weighted by atomic mass is 10.2. The van der Waals surface area contributed by atoms with Gasteiger partial charge in [-0.2, -0.15) is 5.10 Å². The van der Waals surface area contributed by atoms with Gasteiger partial charge in [-0.15, -0.1) is 0 Å². The minimum Gasteiger partial charge on any atom is -0.493 e. The van der Waals surface area contributed by atoms with Crippen LogP contribution in [0, 0.1) is 0 Å². The van der Waals surface area contributed by atoms with Crippen molar-refractivity contribution < 1.29 is 19.4 Å². The van der Waals surface area contributed by atoms with Crippen molar-refractivity contribution in [3.8, 4) is 11.5 Å². The molecule has 22 heavy (non-hydrogen) atoms. The second-order valence-electron chi connectivity index (χ2n) is 4.34. The molecule has 6 nitrogen and oxygen atoms in total. The highest BCUT2D eigenvalue weighted by Gasteiger charge is 2.07. The van der Waals surface area contributed by atoms with E-state index in [1.165, 1.54) is 12.1 Å². The second kappa shape index (κ2) is 7.12. The maximum absolute atomic E-state index is 10.9. The number of rotatable bonds is 6. The molecule has 0 atom stereocenters. The normalized spacial score (nSPS) is 10.5. The number of hydrazone groups is 1. The quantitative estimate of drug-likeness (QED) is 0.633. The van der Waals surface area contributed by atoms with Gasteiger partial charge in [0.05, 0.1) is 31.7 Å². The van der Waals surface area contributed by atoms with Crippen molar-refractivity contribution in [2.75, 3.05) is 19.6 Å². The number of carboxylic acids is 1. The molecule has 2 aromatic rings. The van der Waals surface area contributed by atoms with Crippen LogP contribution in [0.15, 0.2) is 47.6 Å². The van der Waals surface area contributed by atoms with Crippen molar-refractivity contribution in [1.29, 1.82) is 0 Å². The van der Waals surface area contributed by atoms with Gasteiger partial charge >= 0.3 is 5.97 Å². The molecule has 0 aliphatic heterocycles. The Morgan fingerprint density at radius 1 is 1.18 bits per heavy atom. The lowest BCUT2D eigenvalue weighted by molar-refractivity contribution is 0.0697. The highest BCUT2D eigenvalue weighted by molar-refractivity contribution is 5.89. The van der Waals surface area contributed by atoms with Gasteiger partial charge in [0.1, 0.15) is 0 Å². The van der Waals surface area contributed by atoms with Crippen LogP contribution in [-0.4, -0.2) is 31.5 Å². The highest BCUT2D eigenvalue weighted by atomic mass is 16.5. The maximum Gasteiger partial charge on any atom is 0.335 e. The first-order valence-electron chi connectivity index (χ1n) is 6.49. The summed E-state index contributed by atoms with van der Waals surface area (Å²) in [7, 11) is 3.12. The monoisotopic (exact) mass is 300 g/mol. The SMILES string of the molecule is COc1cccc(C=NNc2cccc(C(=O)O)c2)c1OC. The number of anilines is 1. The number of methoxy groups -OCH3 is 2. The molecule has 2 aromatic carbocycles. The van der Waals surface area contributed by atoms with Crippen molar-refractivity contribution in [3.63, 3.8) is 0 Å². The fraction of sp³-hybridized carbons (Fsp3) is 0.125. The molecule has 6 heteroatoms. The van der Waals surface area contributed by atoms with Crippen LogP contribution < -0.4 is 14.9 Å². The Morgan fingerprint density at radius 3 is 2.64 bits per heavy atom. The Labute approximate surface area is 128 Å². The molecule has 0 unspecified atom stereocenters. The van der Waals surface area contributed by atoms with Crippen LogP contribution in [0.2, 0.25) is 0 Å². The summed E-state index contributed by atoms with van der Waals surface area (Å²) >= 11 is 0. The van der Waals surface area contributed by atoms with Gasteiger partial charge in [0.15, 0.2) is 11.5 Å². The van der Waals surface area contributed by atoms with Crippen molar-refractivity contribution in [3.05, 3.63) is 53.6 Å². The summed E-state index contributed by atoms with van der Waals surface area (Å²) in [5.74, 6) is 0.205. The molecule has 0 fully saturated rings. The molecule has 0 heterocycles. The molecule has 2 N–H and O–H groups in total. The fourth-order valence-corrected chi connectivity index (χ4v) is 1.91. The molecule has 0 saturated carbocycles. The van der Waals surface area contributed by atoms with Crippen molar-refractivity contribution in [2.45, 2.75) is 0 Å². The first-order chi connectivity index (χ1) is 10.7. The summed E-state index contributed by atoms with van der Waals surface area (Å²) in [6, 6.07) is 11.8. The smallest absolute Gasteiger partial charge is 0.335 e. The first-order valence-corrected chi connectivity index (χ1v) is 6.49. The zero-order chi connectivity index (χ0) is 15.9. The van der Waals surface area contributed by atoms with E-state index in [1.54, 1.807) is 38.6 Å². The summed E-state index contributed by atoms with van der Waals surface area (Å²) in [5, 5.41) is 13.0. The molecule has 0 bridgehead atoms. The van der Waals surface area contributed by atoms with Crippen LogP contribution >= 0.6 is 0 Å². The number of aromatic carboxylic acids is 1. The Hall–Kier alpha value is -3.02. The van der Waals surface area contributed by atoms with E-state index in [0.717, 1.165) is 5.56 Å². The average molecular weight is 300 g/mol. The van der Waals surface area contributed by atoms with Gasteiger partial charge in [-0.1, -0.05) is 12.1 Å². The number of hydrogen-bond donors (Lipinski definition) is 2. The van der Waals surface area contributed by atoms with Gasteiger partial charge < -0.3 is 14.6 Å². The molecule has 0 amide bonds. The lowest BCUT2D eigenvalue weighted by Crippen LogP contribution is -1.99. The number of ether oxygens (including phenoxy) is 2. The zero-order valence-electron chi connectivity index (χ0n) is 12.2. The molecule has 0 spiro atoms. The zero-order valence-corrected chi connectivity index (χ0v) is 12.2. The minimum absolute atomic E-state index is 0.194. The molecule has 114 valence electrons. The van der Waals surface area contributed by atoms with Crippen LogP contribution in [0.3, 0.4) is 0 Å². The topological polar surface area (TPSA) is 80.2 Å². The fourth-order valence-electron chi connectivity index (χ4n) is 1.91. The number of carbonyl (C=O) groups is 1. The molecule has 2 rings (SSSR count). The minimum atomic E-state index is -0.984. The van der Waals surface area contributed by atoms with Gasteiger partial charge in [0, 0.05) is 5.56 Å². The number of nitrogens with zero attached hydrogens (tertiary/aromatic N) is 1. The third kappa shape index (κ3) is 3.54. The van der Waals surface area contributed by atoms with E-state index in [9.17, 15) is 4.79 Å². The largest absolute Gasteiger partial charge is 0.493 e. The number of nitrogens with one attached hydrogen (secondary N) is 1. The number of benzene rings is 2. The lowest BCUT2D eigenvalue weighted by Gasteiger charge is -2.09. The molecule has 0 aliphatic rings. The first kappa shape index (κ1) is 15.4.